The molecule has 4 nitrogen and oxygen atoms in total. The van der Waals surface area contributed by atoms with Crippen LogP contribution in [0.4, 0.5) is 0 Å². The minimum absolute atomic E-state index is 0.125. The van der Waals surface area contributed by atoms with Crippen LogP contribution in [0.15, 0.2) is 59.7 Å². The number of rotatable bonds is 7. The van der Waals surface area contributed by atoms with E-state index in [0.29, 0.717) is 10.8 Å². The number of aryl methyl sites for hydroxylation is 1. The summed E-state index contributed by atoms with van der Waals surface area (Å²) in [4.78, 5) is 11.6. The summed E-state index contributed by atoms with van der Waals surface area (Å²) in [5, 5.41) is 4.36. The van der Waals surface area contributed by atoms with Crippen LogP contribution in [-0.2, 0) is 11.2 Å². The van der Waals surface area contributed by atoms with Gasteiger partial charge in [0.25, 0.3) is 5.91 Å². The fourth-order valence-corrected chi connectivity index (χ4v) is 1.99. The zero-order valence-electron chi connectivity index (χ0n) is 12.0. The zero-order chi connectivity index (χ0) is 15.6. The van der Waals surface area contributed by atoms with Gasteiger partial charge in [-0.3, -0.25) is 4.79 Å². The maximum absolute atomic E-state index is 11.6. The summed E-state index contributed by atoms with van der Waals surface area (Å²) < 4.78 is 5.31. The highest BCUT2D eigenvalue weighted by Gasteiger charge is 2.03. The Hall–Kier alpha value is -2.33. The van der Waals surface area contributed by atoms with Crippen molar-refractivity contribution in [3.63, 3.8) is 0 Å². The van der Waals surface area contributed by atoms with Crippen molar-refractivity contribution in [2.24, 2.45) is 5.10 Å². The second-order valence-electron chi connectivity index (χ2n) is 4.59. The highest BCUT2D eigenvalue weighted by molar-refractivity contribution is 6.32. The lowest BCUT2D eigenvalue weighted by Gasteiger charge is -2.06. The summed E-state index contributed by atoms with van der Waals surface area (Å²) in [6, 6.07) is 17.1. The molecule has 0 saturated heterocycles. The van der Waals surface area contributed by atoms with Gasteiger partial charge in [-0.1, -0.05) is 54.1 Å². The van der Waals surface area contributed by atoms with Crippen molar-refractivity contribution < 1.29 is 9.53 Å². The molecule has 1 amide bonds. The van der Waals surface area contributed by atoms with Gasteiger partial charge in [-0.2, -0.15) is 5.10 Å². The summed E-state index contributed by atoms with van der Waals surface area (Å²) in [6.45, 7) is -0.125. The van der Waals surface area contributed by atoms with Crippen LogP contribution in [0.25, 0.3) is 0 Å². The van der Waals surface area contributed by atoms with Crippen LogP contribution < -0.4 is 10.2 Å². The van der Waals surface area contributed by atoms with Crippen molar-refractivity contribution in [1.82, 2.24) is 5.43 Å². The normalized spacial score (nSPS) is 10.6. The molecule has 0 aliphatic heterocycles. The zero-order valence-corrected chi connectivity index (χ0v) is 12.8. The quantitative estimate of drug-likeness (QED) is 0.628. The van der Waals surface area contributed by atoms with Gasteiger partial charge >= 0.3 is 0 Å². The van der Waals surface area contributed by atoms with Gasteiger partial charge in [0.05, 0.1) is 5.02 Å². The Bertz CT molecular complexity index is 630. The van der Waals surface area contributed by atoms with Gasteiger partial charge in [0.15, 0.2) is 6.61 Å². The molecule has 0 spiro atoms. The molecule has 0 radical (unpaired) electrons. The number of hydrogen-bond donors (Lipinski definition) is 1. The summed E-state index contributed by atoms with van der Waals surface area (Å²) in [5.74, 6) is 0.156. The van der Waals surface area contributed by atoms with Crippen LogP contribution in [-0.4, -0.2) is 18.7 Å². The van der Waals surface area contributed by atoms with Crippen LogP contribution >= 0.6 is 11.6 Å². The lowest BCUT2D eigenvalue weighted by atomic mass is 10.1. The third-order valence-electron chi connectivity index (χ3n) is 2.88. The molecule has 0 bridgehead atoms. The Morgan fingerprint density at radius 1 is 1.14 bits per heavy atom. The second kappa shape index (κ2) is 8.85. The first-order valence-corrected chi connectivity index (χ1v) is 7.35. The van der Waals surface area contributed by atoms with E-state index in [9.17, 15) is 4.79 Å². The Labute approximate surface area is 134 Å². The van der Waals surface area contributed by atoms with E-state index in [2.05, 4.69) is 22.7 Å². The number of carbonyl (C=O) groups excluding carboxylic acids is 1. The standard InChI is InChI=1S/C17H17ClN2O2/c18-15-10-4-5-11-16(15)22-13-17(21)20-19-12-6-9-14-7-2-1-3-8-14/h1-5,7-8,10-12H,6,9,13H2,(H,20,21)/b19-12+. The fraction of sp³-hybridized carbons (Fsp3) is 0.176. The predicted octanol–water partition coefficient (Wildman–Crippen LogP) is 3.45. The number of nitrogens with zero attached hydrogens (tertiary/aromatic N) is 1. The third kappa shape index (κ3) is 5.58. The number of benzene rings is 2. The van der Waals surface area contributed by atoms with Crippen LogP contribution in [0.2, 0.25) is 5.02 Å². The van der Waals surface area contributed by atoms with E-state index in [-0.39, 0.29) is 12.5 Å². The summed E-state index contributed by atoms with van der Waals surface area (Å²) >= 11 is 5.93. The molecule has 0 fully saturated rings. The van der Waals surface area contributed by atoms with E-state index in [1.165, 1.54) is 5.56 Å². The van der Waals surface area contributed by atoms with Crippen molar-refractivity contribution >= 4 is 23.7 Å². The molecule has 2 aromatic rings. The summed E-state index contributed by atoms with van der Waals surface area (Å²) in [6.07, 6.45) is 3.33. The van der Waals surface area contributed by atoms with E-state index >= 15 is 0 Å². The van der Waals surface area contributed by atoms with E-state index in [4.69, 9.17) is 16.3 Å². The van der Waals surface area contributed by atoms with Gasteiger partial charge in [-0.05, 0) is 30.5 Å². The van der Waals surface area contributed by atoms with E-state index in [1.807, 2.05) is 18.2 Å². The molecule has 1 N–H and O–H groups in total. The summed E-state index contributed by atoms with van der Waals surface area (Å²) in [5.41, 5.74) is 3.66. The number of hydrazone groups is 1. The van der Waals surface area contributed by atoms with Gasteiger partial charge in [-0.25, -0.2) is 5.43 Å². The molecule has 2 rings (SSSR count). The van der Waals surface area contributed by atoms with Gasteiger partial charge < -0.3 is 4.74 Å². The molecular weight excluding hydrogens is 300 g/mol. The first-order valence-electron chi connectivity index (χ1n) is 6.97. The highest BCUT2D eigenvalue weighted by Crippen LogP contribution is 2.22. The molecule has 5 heteroatoms. The number of amides is 1. The number of ether oxygens (including phenoxy) is 1. The van der Waals surface area contributed by atoms with E-state index in [0.717, 1.165) is 12.8 Å². The van der Waals surface area contributed by atoms with Gasteiger partial charge in [0, 0.05) is 6.21 Å². The average molecular weight is 317 g/mol. The predicted molar refractivity (Wildman–Crippen MR) is 88.3 cm³/mol. The number of hydrogen-bond acceptors (Lipinski definition) is 3. The molecular formula is C17H17ClN2O2. The molecule has 0 aliphatic rings. The maximum Gasteiger partial charge on any atom is 0.277 e. The first kappa shape index (κ1) is 16.0. The fourth-order valence-electron chi connectivity index (χ4n) is 1.80. The Morgan fingerprint density at radius 2 is 1.86 bits per heavy atom. The van der Waals surface area contributed by atoms with Crippen molar-refractivity contribution in [2.75, 3.05) is 6.61 Å². The second-order valence-corrected chi connectivity index (χ2v) is 5.00. The van der Waals surface area contributed by atoms with Gasteiger partial charge in [-0.15, -0.1) is 0 Å². The lowest BCUT2D eigenvalue weighted by Crippen LogP contribution is -2.24. The molecule has 114 valence electrons. The molecule has 0 aromatic heterocycles. The van der Waals surface area contributed by atoms with Crippen molar-refractivity contribution in [1.29, 1.82) is 0 Å². The maximum atomic E-state index is 11.6. The topological polar surface area (TPSA) is 50.7 Å². The van der Waals surface area contributed by atoms with Crippen molar-refractivity contribution in [2.45, 2.75) is 12.8 Å². The smallest absolute Gasteiger partial charge is 0.277 e. The molecule has 0 atom stereocenters. The van der Waals surface area contributed by atoms with Crippen LogP contribution in [0, 0.1) is 0 Å². The van der Waals surface area contributed by atoms with Crippen LogP contribution in [0.1, 0.15) is 12.0 Å². The van der Waals surface area contributed by atoms with Crippen LogP contribution in [0.3, 0.4) is 0 Å². The van der Waals surface area contributed by atoms with E-state index < -0.39 is 0 Å². The van der Waals surface area contributed by atoms with Gasteiger partial charge in [0.2, 0.25) is 0 Å². The third-order valence-corrected chi connectivity index (χ3v) is 3.19. The monoisotopic (exact) mass is 316 g/mol. The lowest BCUT2D eigenvalue weighted by molar-refractivity contribution is -0.123. The van der Waals surface area contributed by atoms with Crippen LogP contribution in [0.5, 0.6) is 5.75 Å². The number of nitrogens with one attached hydrogen (secondary N) is 1. The molecule has 0 unspecified atom stereocenters. The number of carbonyl (C=O) groups is 1. The van der Waals surface area contributed by atoms with Crippen molar-refractivity contribution in [3.8, 4) is 5.75 Å². The first-order chi connectivity index (χ1) is 10.8. The SMILES string of the molecule is O=C(COc1ccccc1Cl)N/N=C/CCc1ccccc1. The Balaban J connectivity index is 1.65. The Morgan fingerprint density at radius 3 is 2.64 bits per heavy atom. The van der Waals surface area contributed by atoms with E-state index in [1.54, 1.807) is 30.5 Å². The number of halogens is 1. The minimum atomic E-state index is -0.323. The highest BCUT2D eigenvalue weighted by atomic mass is 35.5. The number of para-hydroxylation sites is 1. The molecule has 0 saturated carbocycles. The average Bonchev–Trinajstić information content (AvgIpc) is 2.55. The molecule has 2 aromatic carbocycles. The minimum Gasteiger partial charge on any atom is -0.482 e. The molecule has 0 aliphatic carbocycles. The Kier molecular flexibility index (Phi) is 6.45. The summed E-state index contributed by atoms with van der Waals surface area (Å²) in [7, 11) is 0. The van der Waals surface area contributed by atoms with Gasteiger partial charge in [0.1, 0.15) is 5.75 Å². The molecule has 0 heterocycles. The molecule has 22 heavy (non-hydrogen) atoms. The largest absolute Gasteiger partial charge is 0.482 e. The van der Waals surface area contributed by atoms with Crippen molar-refractivity contribution in [3.05, 3.63) is 65.2 Å².